The number of Topliss-reactive ketones (excluding diaryl/α,β-unsaturated/α-hetero) is 1. The standard InChI is InChI=1S/C18H13F3N2O3/c1-10-15(13-4-2-3-5-14(13)22-10)16(24)17(25)23-11-6-8-12(9-7-11)26-18(19,20)21/h2-9,22H,1H3,(H,23,25). The maximum absolute atomic E-state index is 12.5. The van der Waals surface area contributed by atoms with E-state index in [-0.39, 0.29) is 11.3 Å². The minimum Gasteiger partial charge on any atom is -0.406 e. The first-order valence-corrected chi connectivity index (χ1v) is 7.53. The maximum Gasteiger partial charge on any atom is 0.573 e. The molecule has 0 aliphatic heterocycles. The second kappa shape index (κ2) is 6.55. The Morgan fingerprint density at radius 1 is 1.04 bits per heavy atom. The summed E-state index contributed by atoms with van der Waals surface area (Å²) in [5.74, 6) is -2.05. The second-order valence-electron chi connectivity index (χ2n) is 5.53. The summed E-state index contributed by atoms with van der Waals surface area (Å²) in [6.45, 7) is 1.68. The summed E-state index contributed by atoms with van der Waals surface area (Å²) in [6, 6.07) is 11.6. The van der Waals surface area contributed by atoms with Gasteiger partial charge in [0.15, 0.2) is 0 Å². The van der Waals surface area contributed by atoms with Crippen LogP contribution in [0.2, 0.25) is 0 Å². The number of amides is 1. The summed E-state index contributed by atoms with van der Waals surface area (Å²) in [5, 5.41) is 3.00. The van der Waals surface area contributed by atoms with E-state index in [0.29, 0.717) is 11.1 Å². The number of nitrogens with one attached hydrogen (secondary N) is 2. The number of benzene rings is 2. The maximum atomic E-state index is 12.5. The highest BCUT2D eigenvalue weighted by Crippen LogP contribution is 2.25. The molecule has 0 unspecified atom stereocenters. The van der Waals surface area contributed by atoms with E-state index in [9.17, 15) is 22.8 Å². The van der Waals surface area contributed by atoms with Crippen LogP contribution in [-0.4, -0.2) is 23.0 Å². The first kappa shape index (κ1) is 17.5. The Morgan fingerprint density at radius 2 is 1.69 bits per heavy atom. The van der Waals surface area contributed by atoms with E-state index in [1.165, 1.54) is 12.1 Å². The lowest BCUT2D eigenvalue weighted by Crippen LogP contribution is -2.23. The van der Waals surface area contributed by atoms with Gasteiger partial charge in [-0.25, -0.2) is 0 Å². The molecule has 3 aromatic rings. The summed E-state index contributed by atoms with van der Waals surface area (Å²) < 4.78 is 40.2. The second-order valence-corrected chi connectivity index (χ2v) is 5.53. The van der Waals surface area contributed by atoms with Crippen LogP contribution in [0, 0.1) is 6.92 Å². The molecule has 0 spiro atoms. The van der Waals surface area contributed by atoms with E-state index in [1.807, 2.05) is 0 Å². The number of ketones is 1. The fourth-order valence-corrected chi connectivity index (χ4v) is 2.61. The van der Waals surface area contributed by atoms with Gasteiger partial charge in [-0.3, -0.25) is 9.59 Å². The molecule has 1 heterocycles. The number of H-pyrrole nitrogens is 1. The average Bonchev–Trinajstić information content (AvgIpc) is 2.90. The predicted molar refractivity (Wildman–Crippen MR) is 89.1 cm³/mol. The molecule has 134 valence electrons. The van der Waals surface area contributed by atoms with Gasteiger partial charge in [0.25, 0.3) is 11.7 Å². The Morgan fingerprint density at radius 3 is 2.35 bits per heavy atom. The van der Waals surface area contributed by atoms with Crippen molar-refractivity contribution >= 4 is 28.3 Å². The number of hydrogen-bond acceptors (Lipinski definition) is 3. The molecule has 0 fully saturated rings. The smallest absolute Gasteiger partial charge is 0.406 e. The molecule has 3 rings (SSSR count). The number of alkyl halides is 3. The number of hydrogen-bond donors (Lipinski definition) is 2. The zero-order valence-electron chi connectivity index (χ0n) is 13.5. The first-order valence-electron chi connectivity index (χ1n) is 7.53. The molecule has 2 N–H and O–H groups in total. The number of carbonyl (C=O) groups is 2. The van der Waals surface area contributed by atoms with Crippen molar-refractivity contribution in [2.24, 2.45) is 0 Å². The summed E-state index contributed by atoms with van der Waals surface area (Å²) in [4.78, 5) is 27.8. The summed E-state index contributed by atoms with van der Waals surface area (Å²) in [6.07, 6.45) is -4.80. The Labute approximate surface area is 145 Å². The van der Waals surface area contributed by atoms with Crippen LogP contribution in [0.15, 0.2) is 48.5 Å². The number of anilines is 1. The molecule has 0 atom stereocenters. The van der Waals surface area contributed by atoms with Gasteiger partial charge in [-0.2, -0.15) is 0 Å². The van der Waals surface area contributed by atoms with E-state index >= 15 is 0 Å². The molecule has 1 aromatic heterocycles. The van der Waals surface area contributed by atoms with Crippen molar-refractivity contribution in [1.29, 1.82) is 0 Å². The number of para-hydroxylation sites is 1. The van der Waals surface area contributed by atoms with Gasteiger partial charge in [-0.1, -0.05) is 18.2 Å². The van der Waals surface area contributed by atoms with Crippen molar-refractivity contribution in [3.05, 3.63) is 59.8 Å². The molecular formula is C18H13F3N2O3. The van der Waals surface area contributed by atoms with E-state index < -0.39 is 23.8 Å². The highest BCUT2D eigenvalue weighted by Gasteiger charge is 2.31. The molecule has 0 radical (unpaired) electrons. The molecule has 2 aromatic carbocycles. The van der Waals surface area contributed by atoms with Crippen molar-refractivity contribution in [2.75, 3.05) is 5.32 Å². The van der Waals surface area contributed by atoms with Crippen molar-refractivity contribution in [1.82, 2.24) is 4.98 Å². The average molecular weight is 362 g/mol. The van der Waals surface area contributed by atoms with Gasteiger partial charge < -0.3 is 15.0 Å². The topological polar surface area (TPSA) is 71.2 Å². The largest absolute Gasteiger partial charge is 0.573 e. The predicted octanol–water partition coefficient (Wildman–Crippen LogP) is 4.20. The van der Waals surface area contributed by atoms with Gasteiger partial charge in [0, 0.05) is 22.3 Å². The van der Waals surface area contributed by atoms with Crippen molar-refractivity contribution in [3.8, 4) is 5.75 Å². The number of aromatic nitrogens is 1. The number of ether oxygens (including phenoxy) is 1. The molecule has 0 aliphatic carbocycles. The lowest BCUT2D eigenvalue weighted by atomic mass is 10.1. The van der Waals surface area contributed by atoms with Crippen molar-refractivity contribution in [3.63, 3.8) is 0 Å². The molecule has 8 heteroatoms. The molecule has 26 heavy (non-hydrogen) atoms. The van der Waals surface area contributed by atoms with Crippen LogP contribution in [0.5, 0.6) is 5.75 Å². The third-order valence-electron chi connectivity index (χ3n) is 3.67. The monoisotopic (exact) mass is 362 g/mol. The minimum absolute atomic E-state index is 0.176. The Bertz CT molecular complexity index is 976. The van der Waals surface area contributed by atoms with E-state index in [4.69, 9.17) is 0 Å². The molecule has 1 amide bonds. The molecule has 0 bridgehead atoms. The fraction of sp³-hybridized carbons (Fsp3) is 0.111. The van der Waals surface area contributed by atoms with Gasteiger partial charge >= 0.3 is 6.36 Å². The summed E-state index contributed by atoms with van der Waals surface area (Å²) in [7, 11) is 0. The molecule has 0 saturated carbocycles. The van der Waals surface area contributed by atoms with Crippen LogP contribution in [0.25, 0.3) is 10.9 Å². The Kier molecular flexibility index (Phi) is 4.41. The molecular weight excluding hydrogens is 349 g/mol. The quantitative estimate of drug-likeness (QED) is 0.540. The van der Waals surface area contributed by atoms with Gasteiger partial charge in [-0.15, -0.1) is 13.2 Å². The highest BCUT2D eigenvalue weighted by atomic mass is 19.4. The van der Waals surface area contributed by atoms with Crippen molar-refractivity contribution in [2.45, 2.75) is 13.3 Å². The van der Waals surface area contributed by atoms with E-state index in [1.54, 1.807) is 31.2 Å². The first-order chi connectivity index (χ1) is 12.2. The number of aromatic amines is 1. The summed E-state index contributed by atoms with van der Waals surface area (Å²) in [5.41, 5.74) is 1.72. The van der Waals surface area contributed by atoms with Crippen LogP contribution >= 0.6 is 0 Å². The normalized spacial score (nSPS) is 11.4. The number of fused-ring (bicyclic) bond motifs is 1. The van der Waals surface area contributed by atoms with Gasteiger partial charge in [0.05, 0.1) is 5.56 Å². The zero-order chi connectivity index (χ0) is 18.9. The van der Waals surface area contributed by atoms with Gasteiger partial charge in [0.1, 0.15) is 5.75 Å². The van der Waals surface area contributed by atoms with Crippen LogP contribution in [0.3, 0.4) is 0 Å². The number of rotatable bonds is 4. The molecule has 5 nitrogen and oxygen atoms in total. The van der Waals surface area contributed by atoms with Gasteiger partial charge in [0.2, 0.25) is 0 Å². The third-order valence-corrected chi connectivity index (χ3v) is 3.67. The number of halogens is 3. The van der Waals surface area contributed by atoms with Gasteiger partial charge in [-0.05, 0) is 37.3 Å². The summed E-state index contributed by atoms with van der Waals surface area (Å²) >= 11 is 0. The number of aryl methyl sites for hydroxylation is 1. The SMILES string of the molecule is Cc1[nH]c2ccccc2c1C(=O)C(=O)Nc1ccc(OC(F)(F)F)cc1. The number of carbonyl (C=O) groups excluding carboxylic acids is 2. The van der Waals surface area contributed by atoms with E-state index in [2.05, 4.69) is 15.0 Å². The van der Waals surface area contributed by atoms with Crippen LogP contribution < -0.4 is 10.1 Å². The minimum atomic E-state index is -4.80. The highest BCUT2D eigenvalue weighted by molar-refractivity contribution is 6.48. The van der Waals surface area contributed by atoms with Crippen LogP contribution in [0.1, 0.15) is 16.1 Å². The fourth-order valence-electron chi connectivity index (χ4n) is 2.61. The van der Waals surface area contributed by atoms with Crippen LogP contribution in [0.4, 0.5) is 18.9 Å². The zero-order valence-corrected chi connectivity index (χ0v) is 13.5. The Balaban J connectivity index is 1.77. The lowest BCUT2D eigenvalue weighted by Gasteiger charge is -2.09. The van der Waals surface area contributed by atoms with E-state index in [0.717, 1.165) is 17.6 Å². The third kappa shape index (κ3) is 3.69. The molecule has 0 saturated heterocycles. The lowest BCUT2D eigenvalue weighted by molar-refractivity contribution is -0.274. The molecule has 0 aliphatic rings. The van der Waals surface area contributed by atoms with Crippen molar-refractivity contribution < 1.29 is 27.5 Å². The Hall–Kier alpha value is -3.29. The van der Waals surface area contributed by atoms with Crippen LogP contribution in [-0.2, 0) is 4.79 Å².